The lowest BCUT2D eigenvalue weighted by Gasteiger charge is -2.28. The fraction of sp³-hybridized carbons (Fsp3) is 0.738. The van der Waals surface area contributed by atoms with Crippen LogP contribution in [0.15, 0.2) is 78.9 Å². The molecule has 6 unspecified atom stereocenters. The van der Waals surface area contributed by atoms with Gasteiger partial charge >= 0.3 is 17.9 Å². The average molecular weight is 1680 g/mol. The third-order valence-corrected chi connectivity index (χ3v) is 20.4. The van der Waals surface area contributed by atoms with Gasteiger partial charge < -0.3 is 145 Å². The molecule has 0 aromatic heterocycles. The lowest BCUT2D eigenvalue weighted by Crippen LogP contribution is -2.48. The predicted octanol–water partition coefficient (Wildman–Crippen LogP) is 8.32. The number of methoxy groups -OCH3 is 5. The van der Waals surface area contributed by atoms with Crippen LogP contribution in [0, 0.1) is 13.8 Å². The predicted molar refractivity (Wildman–Crippen MR) is 426 cm³/mol. The number of aliphatic hydroxyl groups is 7. The first-order chi connectivity index (χ1) is 51.6. The molecule has 0 aliphatic carbocycles. The number of carbonyl (C=O) groups excluding carboxylic acids is 4. The molecule has 10 saturated heterocycles. The highest BCUT2D eigenvalue weighted by molar-refractivity contribution is 5.90. The van der Waals surface area contributed by atoms with Gasteiger partial charge in [-0.15, -0.1) is 0 Å². The van der Waals surface area contributed by atoms with E-state index < -0.39 is 180 Å². The number of benzene rings is 3. The normalized spacial score (nSPS) is 37.6. The molecular weight excluding hydrogens is 1540 g/mol. The number of aldehydes is 1. The van der Waals surface area contributed by atoms with Gasteiger partial charge in [-0.2, -0.15) is 0 Å². The van der Waals surface area contributed by atoms with E-state index in [1.165, 1.54) is 28.1 Å². The summed E-state index contributed by atoms with van der Waals surface area (Å²) in [5, 5.41) is 67.2. The Bertz CT molecular complexity index is 3540. The second kappa shape index (κ2) is 42.2. The molecule has 3 aromatic carbocycles. The second-order valence-electron chi connectivity index (χ2n) is 31.7. The van der Waals surface area contributed by atoms with Crippen molar-refractivity contribution in [2.45, 2.75) is 349 Å². The summed E-state index contributed by atoms with van der Waals surface area (Å²) in [5.74, 6) is -4.45. The molecule has 33 nitrogen and oxygen atoms in total. The summed E-state index contributed by atoms with van der Waals surface area (Å²) in [5.41, 5.74) is -2.97. The van der Waals surface area contributed by atoms with E-state index in [-0.39, 0.29) is 82.7 Å². The topological polar surface area (TPSA) is 413 Å². The van der Waals surface area contributed by atoms with Gasteiger partial charge in [0.25, 0.3) is 0 Å². The highest BCUT2D eigenvalue weighted by Gasteiger charge is 2.69. The van der Waals surface area contributed by atoms with Crippen molar-refractivity contribution in [1.29, 1.82) is 0 Å². The van der Waals surface area contributed by atoms with Gasteiger partial charge in [0, 0.05) is 35.5 Å². The Balaban J connectivity index is 0.000000483. The molecule has 10 fully saturated rings. The Morgan fingerprint density at radius 2 is 0.812 bits per heavy atom. The molecule has 117 heavy (non-hydrogen) atoms. The zero-order valence-corrected chi connectivity index (χ0v) is 67.5. The van der Waals surface area contributed by atoms with Crippen LogP contribution in [0.4, 0.5) is 0 Å². The molecule has 13 rings (SSSR count). The maximum atomic E-state index is 12.5. The van der Waals surface area contributed by atoms with Crippen LogP contribution in [-0.4, -0.2) is 295 Å². The van der Waals surface area contributed by atoms with E-state index >= 15 is 0 Å². The lowest BCUT2D eigenvalue weighted by atomic mass is 9.95. The summed E-state index contributed by atoms with van der Waals surface area (Å²) in [6, 6.07) is 22.4. The fourth-order valence-electron chi connectivity index (χ4n) is 15.2. The largest absolute Gasteiger partial charge is 0.459 e. The van der Waals surface area contributed by atoms with E-state index in [9.17, 15) is 49.8 Å². The van der Waals surface area contributed by atoms with Gasteiger partial charge in [0.15, 0.2) is 78.9 Å². The van der Waals surface area contributed by atoms with E-state index in [1.54, 1.807) is 108 Å². The molecule has 0 bridgehead atoms. The van der Waals surface area contributed by atoms with Crippen LogP contribution in [0.5, 0.6) is 0 Å². The van der Waals surface area contributed by atoms with Crippen LogP contribution < -0.4 is 0 Å². The van der Waals surface area contributed by atoms with Gasteiger partial charge in [0.05, 0.1) is 36.0 Å². The van der Waals surface area contributed by atoms with Crippen molar-refractivity contribution >= 4 is 24.2 Å². The fourth-order valence-corrected chi connectivity index (χ4v) is 15.2. The zero-order valence-electron chi connectivity index (χ0n) is 67.5. The number of ether oxygens (including phenoxy) is 22. The van der Waals surface area contributed by atoms with Crippen LogP contribution in [0.2, 0.25) is 0 Å². The molecule has 3 aromatic rings. The Morgan fingerprint density at radius 1 is 0.444 bits per heavy atom. The molecule has 0 radical (unpaired) electrons. The Morgan fingerprint density at radius 3 is 1.22 bits per heavy atom. The standard InChI is InChI=1S/C22H24O7.C18H24O6.C11H20O5.C10H18O5.C10H16O5.C7H14O5.6CH4/c1-13-4-8-15(9-5-13)19(23)27-12-17-18(22(3,26)21(25)28-17)29-20(24)16-10-6-14(2)7-11-16;1-11(21-15(19)12-9-7-6-8-10-12)13-14-18(4,16(20-5)22-13)24-17(2,3)23-14;1-6(12)7-8-11(4,9(13-5)14-7)16-10(2,3)15-8;2*1-9(2)14-7-6(5-11)13-8(12-4)10(7,3)15-9;1-7(10)5(9)4(3-8)12-6(7)11-2;;;;;;/h4-11,17-18,21,25-26H,12H2,1-3H3;6-11,13-14,16H,1-5H3;6-9,12H,1-5H3;6-8,11H,5H2,1-4H3;5-8H,1-4H3;4-6,8-10H,3H2,1-2H3;6*1H4/t17-,18-,21?,22-;11-,13-,14-,16?,18-;6-,7-,8-,9?,11-;2*6-,7-,8?,10-;4-,5-,6?,7-;;;;;;/m111111....../s1. The van der Waals surface area contributed by atoms with Crippen LogP contribution in [0.25, 0.3) is 0 Å². The van der Waals surface area contributed by atoms with Crippen molar-refractivity contribution in [2.24, 2.45) is 0 Å². The molecule has 10 aliphatic heterocycles. The molecule has 0 amide bonds. The first-order valence-corrected chi connectivity index (χ1v) is 36.7. The summed E-state index contributed by atoms with van der Waals surface area (Å²) in [6.07, 6.45) is -12.5. The van der Waals surface area contributed by atoms with Gasteiger partial charge in [0.1, 0.15) is 108 Å². The number of carbonyl (C=O) groups is 4. The third-order valence-electron chi connectivity index (χ3n) is 20.4. The number of rotatable bonds is 17. The molecule has 10 aliphatic rings. The van der Waals surface area contributed by atoms with Gasteiger partial charge in [0.2, 0.25) is 0 Å². The monoisotopic (exact) mass is 1680 g/mol. The summed E-state index contributed by atoms with van der Waals surface area (Å²) < 4.78 is 121. The van der Waals surface area contributed by atoms with Crippen LogP contribution in [0.1, 0.15) is 198 Å². The minimum absolute atomic E-state index is 0. The Labute approximate surface area is 691 Å². The smallest absolute Gasteiger partial charge is 0.338 e. The number of hydrogen-bond acceptors (Lipinski definition) is 33. The zero-order chi connectivity index (χ0) is 82.7. The average Bonchev–Trinajstić information content (AvgIpc) is 1.59. The molecule has 674 valence electrons. The highest BCUT2D eigenvalue weighted by atomic mass is 16.8. The summed E-state index contributed by atoms with van der Waals surface area (Å²) in [6.45, 7) is 31.4. The minimum Gasteiger partial charge on any atom is -0.459 e. The van der Waals surface area contributed by atoms with E-state index in [0.29, 0.717) is 16.7 Å². The SMILES string of the molecule is C.C.C.C.C.C.COC1O[C@H](C=O)[C@H]2OC(C)(C)O[C@@]12C.COC1O[C@H](CO)[C@@H](O)[C@@]1(C)O.COC1O[C@H](CO)[C@H]2OC(C)(C)O[C@@]12C.COC1O[C@H]([C@@H](C)O)[C@H]2OC(C)(C)O[C@@]12C.COC1O[C@H]([C@@H](C)OC(=O)c2ccccc2)[C@H]2OC(C)(C)O[C@@]12C.Cc1ccc(C(=O)OC[C@H]2OC(O)[C@](C)(O)[C@@H]2OC(=O)c2ccc(C)cc2)cc1. The molecular formula is C84H140O33. The summed E-state index contributed by atoms with van der Waals surface area (Å²) in [4.78, 5) is 47.8. The van der Waals surface area contributed by atoms with E-state index in [2.05, 4.69) is 0 Å². The van der Waals surface area contributed by atoms with Gasteiger partial charge in [-0.05, 0) is 161 Å². The minimum atomic E-state index is -1.86. The van der Waals surface area contributed by atoms with Crippen molar-refractivity contribution in [1.82, 2.24) is 0 Å². The quantitative estimate of drug-likeness (QED) is 0.0379. The van der Waals surface area contributed by atoms with Crippen LogP contribution in [0.3, 0.4) is 0 Å². The number of aryl methyl sites for hydroxylation is 2. The lowest BCUT2D eigenvalue weighted by molar-refractivity contribution is -0.255. The van der Waals surface area contributed by atoms with Gasteiger partial charge in [-0.25, -0.2) is 14.4 Å². The Hall–Kier alpha value is -5.30. The van der Waals surface area contributed by atoms with E-state index in [0.717, 1.165) is 17.4 Å². The molecule has 33 heteroatoms. The van der Waals surface area contributed by atoms with Crippen molar-refractivity contribution in [3.05, 3.63) is 107 Å². The second-order valence-corrected chi connectivity index (χ2v) is 31.7. The number of hydrogen-bond donors (Lipinski definition) is 7. The van der Waals surface area contributed by atoms with Crippen LogP contribution >= 0.6 is 0 Å². The number of esters is 3. The van der Waals surface area contributed by atoms with E-state index in [1.807, 2.05) is 103 Å². The first kappa shape index (κ1) is 108. The molecule has 7 N–H and O–H groups in total. The third kappa shape index (κ3) is 23.5. The van der Waals surface area contributed by atoms with Crippen molar-refractivity contribution in [3.8, 4) is 0 Å². The maximum Gasteiger partial charge on any atom is 0.338 e. The molecule has 0 saturated carbocycles. The first-order valence-electron chi connectivity index (χ1n) is 36.7. The molecule has 10 heterocycles. The van der Waals surface area contributed by atoms with E-state index in [4.69, 9.17) is 109 Å². The molecule has 0 spiro atoms. The molecule has 26 atom stereocenters. The summed E-state index contributed by atoms with van der Waals surface area (Å²) >= 11 is 0. The van der Waals surface area contributed by atoms with Crippen molar-refractivity contribution in [2.75, 3.05) is 55.4 Å². The number of fused-ring (bicyclic) bond motifs is 4. The van der Waals surface area contributed by atoms with Crippen molar-refractivity contribution < 1.29 is 159 Å². The number of aliphatic hydroxyl groups excluding tert-OH is 5. The van der Waals surface area contributed by atoms with Gasteiger partial charge in [-0.3, -0.25) is 0 Å². The Kier molecular flexibility index (Phi) is 38.9. The van der Waals surface area contributed by atoms with Crippen LogP contribution in [-0.2, 0) is 109 Å². The van der Waals surface area contributed by atoms with Crippen molar-refractivity contribution in [3.63, 3.8) is 0 Å². The summed E-state index contributed by atoms with van der Waals surface area (Å²) in [7, 11) is 7.57. The highest BCUT2D eigenvalue weighted by Crippen LogP contribution is 2.51. The van der Waals surface area contributed by atoms with Gasteiger partial charge in [-0.1, -0.05) is 98.2 Å². The maximum absolute atomic E-state index is 12.5.